The van der Waals surface area contributed by atoms with Crippen LogP contribution in [0.25, 0.3) is 0 Å². The van der Waals surface area contributed by atoms with Gasteiger partial charge in [0, 0.05) is 19.1 Å². The average molecular weight is 157 g/mol. The molecule has 0 saturated carbocycles. The minimum atomic E-state index is 0.0718. The predicted molar refractivity (Wildman–Crippen MR) is 43.0 cm³/mol. The van der Waals surface area contributed by atoms with Gasteiger partial charge in [-0.25, -0.2) is 4.79 Å². The molecule has 0 aromatic heterocycles. The second-order valence-electron chi connectivity index (χ2n) is 3.02. The van der Waals surface area contributed by atoms with E-state index in [9.17, 15) is 4.79 Å². The van der Waals surface area contributed by atoms with Gasteiger partial charge in [0.15, 0.2) is 0 Å². The van der Waals surface area contributed by atoms with Crippen molar-refractivity contribution in [2.45, 2.75) is 19.9 Å². The van der Waals surface area contributed by atoms with E-state index in [1.165, 1.54) is 0 Å². The Kier molecular flexibility index (Phi) is 2.34. The molecule has 4 nitrogen and oxygen atoms in total. The maximum Gasteiger partial charge on any atom is 0.321 e. The summed E-state index contributed by atoms with van der Waals surface area (Å²) in [4.78, 5) is 14.8. The number of rotatable bonds is 2. The lowest BCUT2D eigenvalue weighted by Crippen LogP contribution is -2.38. The van der Waals surface area contributed by atoms with E-state index in [2.05, 4.69) is 0 Å². The Balaban J connectivity index is 2.56. The van der Waals surface area contributed by atoms with Crippen LogP contribution in [0.4, 0.5) is 4.79 Å². The largest absolute Gasteiger partial charge is 0.321 e. The van der Waals surface area contributed by atoms with Crippen LogP contribution in [-0.2, 0) is 0 Å². The molecule has 0 radical (unpaired) electrons. The molecule has 0 aliphatic carbocycles. The third kappa shape index (κ3) is 1.45. The van der Waals surface area contributed by atoms with Gasteiger partial charge in [-0.1, -0.05) is 0 Å². The molecule has 64 valence electrons. The van der Waals surface area contributed by atoms with E-state index in [4.69, 9.17) is 5.73 Å². The van der Waals surface area contributed by atoms with Crippen LogP contribution in [0.3, 0.4) is 0 Å². The number of amides is 2. The zero-order valence-electron chi connectivity index (χ0n) is 7.08. The maximum absolute atomic E-state index is 11.3. The molecule has 1 aliphatic heterocycles. The fourth-order valence-electron chi connectivity index (χ4n) is 1.25. The summed E-state index contributed by atoms with van der Waals surface area (Å²) < 4.78 is 0. The maximum atomic E-state index is 11.3. The topological polar surface area (TPSA) is 49.6 Å². The van der Waals surface area contributed by atoms with Crippen molar-refractivity contribution in [2.24, 2.45) is 5.73 Å². The molecule has 0 aromatic rings. The highest BCUT2D eigenvalue weighted by molar-refractivity contribution is 5.76. The molecule has 1 rings (SSSR count). The Morgan fingerprint density at radius 2 is 2.18 bits per heavy atom. The summed E-state index contributed by atoms with van der Waals surface area (Å²) >= 11 is 0. The van der Waals surface area contributed by atoms with Crippen molar-refractivity contribution in [3.8, 4) is 0 Å². The lowest BCUT2D eigenvalue weighted by atomic mass is 10.3. The van der Waals surface area contributed by atoms with Crippen LogP contribution in [0.5, 0.6) is 0 Å². The molecule has 0 atom stereocenters. The van der Waals surface area contributed by atoms with Crippen molar-refractivity contribution in [2.75, 3.05) is 19.8 Å². The third-order valence-electron chi connectivity index (χ3n) is 1.97. The summed E-state index contributed by atoms with van der Waals surface area (Å²) in [7, 11) is 0. The number of nitrogens with zero attached hydrogens (tertiary/aromatic N) is 2. The van der Waals surface area contributed by atoms with Crippen molar-refractivity contribution in [1.29, 1.82) is 0 Å². The molecule has 0 aromatic carbocycles. The van der Waals surface area contributed by atoms with E-state index >= 15 is 0 Å². The smallest absolute Gasteiger partial charge is 0.320 e. The van der Waals surface area contributed by atoms with Gasteiger partial charge >= 0.3 is 6.03 Å². The second kappa shape index (κ2) is 3.09. The van der Waals surface area contributed by atoms with Gasteiger partial charge in [-0.15, -0.1) is 0 Å². The lowest BCUT2D eigenvalue weighted by molar-refractivity contribution is 0.184. The summed E-state index contributed by atoms with van der Waals surface area (Å²) in [5.41, 5.74) is 5.37. The van der Waals surface area contributed by atoms with Crippen LogP contribution in [-0.4, -0.2) is 41.6 Å². The van der Waals surface area contributed by atoms with Gasteiger partial charge in [0.05, 0.1) is 6.67 Å². The number of nitrogens with two attached hydrogens (primary N) is 1. The monoisotopic (exact) mass is 157 g/mol. The van der Waals surface area contributed by atoms with Gasteiger partial charge in [0.1, 0.15) is 0 Å². The Bertz CT molecular complexity index is 158. The van der Waals surface area contributed by atoms with Gasteiger partial charge in [-0.3, -0.25) is 0 Å². The van der Waals surface area contributed by atoms with E-state index in [0.29, 0.717) is 12.7 Å². The van der Waals surface area contributed by atoms with E-state index < -0.39 is 0 Å². The SMILES string of the molecule is CC(C)N1CCN(CN)C1=O. The summed E-state index contributed by atoms with van der Waals surface area (Å²) in [6.45, 7) is 5.94. The van der Waals surface area contributed by atoms with Crippen molar-refractivity contribution in [1.82, 2.24) is 9.80 Å². The summed E-state index contributed by atoms with van der Waals surface area (Å²) in [6, 6.07) is 0.363. The molecule has 1 aliphatic rings. The van der Waals surface area contributed by atoms with Crippen molar-refractivity contribution < 1.29 is 4.79 Å². The minimum Gasteiger partial charge on any atom is -0.320 e. The fourth-order valence-corrected chi connectivity index (χ4v) is 1.25. The first-order valence-electron chi connectivity index (χ1n) is 3.92. The molecule has 1 heterocycles. The number of hydrogen-bond acceptors (Lipinski definition) is 2. The molecule has 1 saturated heterocycles. The Labute approximate surface area is 66.9 Å². The van der Waals surface area contributed by atoms with Gasteiger partial charge in [0.2, 0.25) is 0 Å². The van der Waals surface area contributed by atoms with Crippen molar-refractivity contribution in [3.05, 3.63) is 0 Å². The fraction of sp³-hybridized carbons (Fsp3) is 0.857. The third-order valence-corrected chi connectivity index (χ3v) is 1.97. The van der Waals surface area contributed by atoms with Gasteiger partial charge in [-0.05, 0) is 13.8 Å². The van der Waals surface area contributed by atoms with E-state index in [1.807, 2.05) is 18.7 Å². The van der Waals surface area contributed by atoms with Crippen LogP contribution in [0.2, 0.25) is 0 Å². The van der Waals surface area contributed by atoms with Gasteiger partial charge in [0.25, 0.3) is 0 Å². The molecule has 4 heteroatoms. The predicted octanol–water partition coefficient (Wildman–Crippen LogP) is 0.0486. The Morgan fingerprint density at radius 1 is 1.55 bits per heavy atom. The summed E-state index contributed by atoms with van der Waals surface area (Å²) in [5, 5.41) is 0. The molecule has 0 unspecified atom stereocenters. The number of carbonyl (C=O) groups excluding carboxylic acids is 1. The first kappa shape index (κ1) is 8.33. The van der Waals surface area contributed by atoms with Crippen LogP contribution in [0, 0.1) is 0 Å². The van der Waals surface area contributed by atoms with Gasteiger partial charge < -0.3 is 15.5 Å². The highest BCUT2D eigenvalue weighted by Gasteiger charge is 2.28. The van der Waals surface area contributed by atoms with Crippen LogP contribution >= 0.6 is 0 Å². The van der Waals surface area contributed by atoms with Gasteiger partial charge in [-0.2, -0.15) is 0 Å². The number of hydrogen-bond donors (Lipinski definition) is 1. The van der Waals surface area contributed by atoms with Crippen LogP contribution < -0.4 is 5.73 Å². The molecule has 1 fully saturated rings. The zero-order chi connectivity index (χ0) is 8.43. The molecule has 0 bridgehead atoms. The Morgan fingerprint density at radius 3 is 2.45 bits per heavy atom. The molecule has 2 N–H and O–H groups in total. The minimum absolute atomic E-state index is 0.0718. The Hall–Kier alpha value is -0.770. The molecule has 11 heavy (non-hydrogen) atoms. The number of carbonyl (C=O) groups is 1. The van der Waals surface area contributed by atoms with E-state index in [1.54, 1.807) is 4.90 Å². The van der Waals surface area contributed by atoms with E-state index in [0.717, 1.165) is 13.1 Å². The highest BCUT2D eigenvalue weighted by Crippen LogP contribution is 2.10. The zero-order valence-corrected chi connectivity index (χ0v) is 7.08. The van der Waals surface area contributed by atoms with Crippen LogP contribution in [0.15, 0.2) is 0 Å². The first-order valence-corrected chi connectivity index (χ1v) is 3.92. The molecule has 0 spiro atoms. The average Bonchev–Trinajstić information content (AvgIpc) is 2.30. The first-order chi connectivity index (χ1) is 5.16. The highest BCUT2D eigenvalue weighted by atomic mass is 16.2. The van der Waals surface area contributed by atoms with E-state index in [-0.39, 0.29) is 6.03 Å². The standard InChI is InChI=1S/C7H15N3O/c1-6(2)10-4-3-9(5-8)7(10)11/h6H,3-5,8H2,1-2H3. The molecular weight excluding hydrogens is 142 g/mol. The normalized spacial score (nSPS) is 18.7. The number of urea groups is 1. The molecular formula is C7H15N3O. The second-order valence-corrected chi connectivity index (χ2v) is 3.02. The van der Waals surface area contributed by atoms with Crippen molar-refractivity contribution >= 4 is 6.03 Å². The lowest BCUT2D eigenvalue weighted by Gasteiger charge is -2.20. The quantitative estimate of drug-likeness (QED) is 0.615. The summed E-state index contributed by atoms with van der Waals surface area (Å²) in [5.74, 6) is 0. The summed E-state index contributed by atoms with van der Waals surface area (Å²) in [6.07, 6.45) is 0. The molecule has 2 amide bonds. The van der Waals surface area contributed by atoms with Crippen LogP contribution in [0.1, 0.15) is 13.8 Å². The van der Waals surface area contributed by atoms with Crippen molar-refractivity contribution in [3.63, 3.8) is 0 Å².